The molecule has 0 aromatic heterocycles. The third-order valence-corrected chi connectivity index (χ3v) is 5.38. The van der Waals surface area contributed by atoms with Gasteiger partial charge in [-0.05, 0) is 65.7 Å². The molecular formula is C26H16Cl2LiNO4. The summed E-state index contributed by atoms with van der Waals surface area (Å²) in [7, 11) is 0. The molecule has 0 fully saturated rings. The maximum Gasteiger partial charge on any atom is 1.00 e. The Hall–Kier alpha value is -3.20. The number of amides is 1. The molecule has 4 aromatic rings. The fourth-order valence-electron chi connectivity index (χ4n) is 3.21. The van der Waals surface area contributed by atoms with E-state index < -0.39 is 11.9 Å². The quantitative estimate of drug-likeness (QED) is 0.427. The van der Waals surface area contributed by atoms with Gasteiger partial charge in [0.2, 0.25) is 0 Å². The number of carboxylic acid groups (broad SMARTS) is 1. The molecule has 0 saturated heterocycles. The van der Waals surface area contributed by atoms with Crippen LogP contribution in [0.15, 0.2) is 91.0 Å². The molecule has 0 aliphatic heterocycles. The van der Waals surface area contributed by atoms with Crippen LogP contribution >= 0.6 is 23.2 Å². The van der Waals surface area contributed by atoms with E-state index in [4.69, 9.17) is 27.9 Å². The van der Waals surface area contributed by atoms with E-state index >= 15 is 0 Å². The van der Waals surface area contributed by atoms with Gasteiger partial charge in [0.15, 0.2) is 0 Å². The number of ether oxygens (including phenoxy) is 1. The summed E-state index contributed by atoms with van der Waals surface area (Å²) in [6.07, 6.45) is 0. The summed E-state index contributed by atoms with van der Waals surface area (Å²) in [6.45, 7) is 0. The van der Waals surface area contributed by atoms with E-state index in [0.29, 0.717) is 22.1 Å². The molecule has 0 spiro atoms. The molecule has 1 N–H and O–H groups in total. The topological polar surface area (TPSA) is 78.5 Å². The standard InChI is InChI=1S/C26H17Cl2NO4.Li/c27-18-9-12-21(23(28)15-18)25(30)29-24-13-8-17(14-22(24)26(31)32)16-6-10-20(11-7-16)33-19-4-2-1-3-5-19;/h1-15H,(H,29,30)(H,31,32);/q;+1/p-1. The fourth-order valence-corrected chi connectivity index (χ4v) is 3.70. The third kappa shape index (κ3) is 6.02. The van der Waals surface area contributed by atoms with Gasteiger partial charge < -0.3 is 20.0 Å². The summed E-state index contributed by atoms with van der Waals surface area (Å²) in [5, 5.41) is 14.9. The first-order valence-corrected chi connectivity index (χ1v) is 10.6. The van der Waals surface area contributed by atoms with E-state index in [1.807, 2.05) is 42.5 Å². The first-order valence-electron chi connectivity index (χ1n) is 9.86. The largest absolute Gasteiger partial charge is 1.00 e. The number of rotatable bonds is 6. The number of carbonyl (C=O) groups excluding carboxylic acids is 2. The predicted octanol–water partition coefficient (Wildman–Crippen LogP) is 3.07. The Morgan fingerprint density at radius 2 is 1.38 bits per heavy atom. The molecule has 1 amide bonds. The SMILES string of the molecule is O=C(Nc1ccc(-c2ccc(Oc3ccccc3)cc2)cc1C(=O)[O-])c1ccc(Cl)cc1Cl.[Li+]. The number of carbonyl (C=O) groups is 2. The summed E-state index contributed by atoms with van der Waals surface area (Å²) in [6, 6.07) is 25.7. The summed E-state index contributed by atoms with van der Waals surface area (Å²) in [4.78, 5) is 24.4. The molecule has 0 aliphatic carbocycles. The van der Waals surface area contributed by atoms with Crippen molar-refractivity contribution in [3.63, 3.8) is 0 Å². The van der Waals surface area contributed by atoms with E-state index in [9.17, 15) is 14.7 Å². The van der Waals surface area contributed by atoms with Crippen LogP contribution in [-0.2, 0) is 0 Å². The van der Waals surface area contributed by atoms with Crippen molar-refractivity contribution in [3.8, 4) is 22.6 Å². The van der Waals surface area contributed by atoms with Crippen LogP contribution in [0.2, 0.25) is 10.0 Å². The number of carboxylic acids is 1. The Labute approximate surface area is 218 Å². The van der Waals surface area contributed by atoms with Gasteiger partial charge in [-0.2, -0.15) is 0 Å². The molecule has 0 heterocycles. The van der Waals surface area contributed by atoms with Crippen molar-refractivity contribution in [1.82, 2.24) is 0 Å². The van der Waals surface area contributed by atoms with Crippen LogP contribution < -0.4 is 34.0 Å². The average Bonchev–Trinajstić information content (AvgIpc) is 2.80. The number of halogens is 2. The molecule has 4 rings (SSSR count). The minimum Gasteiger partial charge on any atom is -0.545 e. The van der Waals surface area contributed by atoms with Gasteiger partial charge in [0.1, 0.15) is 11.5 Å². The average molecular weight is 484 g/mol. The molecule has 0 atom stereocenters. The Kier molecular flexibility index (Phi) is 8.44. The van der Waals surface area contributed by atoms with Crippen molar-refractivity contribution >= 4 is 40.8 Å². The van der Waals surface area contributed by atoms with Gasteiger partial charge in [0.25, 0.3) is 5.91 Å². The molecule has 8 heteroatoms. The van der Waals surface area contributed by atoms with Crippen LogP contribution in [0, 0.1) is 0 Å². The molecule has 0 unspecified atom stereocenters. The Bertz CT molecular complexity index is 1330. The van der Waals surface area contributed by atoms with Gasteiger partial charge in [-0.15, -0.1) is 0 Å². The first-order chi connectivity index (χ1) is 15.9. The zero-order valence-electron chi connectivity index (χ0n) is 18.0. The van der Waals surface area contributed by atoms with Crippen molar-refractivity contribution in [1.29, 1.82) is 0 Å². The van der Waals surface area contributed by atoms with Crippen LogP contribution in [-0.4, -0.2) is 11.9 Å². The molecule has 5 nitrogen and oxygen atoms in total. The van der Waals surface area contributed by atoms with E-state index in [1.54, 1.807) is 18.2 Å². The predicted molar refractivity (Wildman–Crippen MR) is 127 cm³/mol. The van der Waals surface area contributed by atoms with Crippen molar-refractivity contribution < 1.29 is 38.3 Å². The van der Waals surface area contributed by atoms with E-state index in [0.717, 1.165) is 5.56 Å². The molecule has 34 heavy (non-hydrogen) atoms. The summed E-state index contributed by atoms with van der Waals surface area (Å²) in [5.74, 6) is -0.619. The zero-order valence-corrected chi connectivity index (χ0v) is 19.6. The third-order valence-electron chi connectivity index (χ3n) is 4.83. The van der Waals surface area contributed by atoms with Crippen molar-refractivity contribution in [3.05, 3.63) is 112 Å². The summed E-state index contributed by atoms with van der Waals surface area (Å²) in [5.41, 5.74) is 1.53. The fraction of sp³-hybridized carbons (Fsp3) is 0. The number of para-hydroxylation sites is 1. The summed E-state index contributed by atoms with van der Waals surface area (Å²) < 4.78 is 5.78. The molecular weight excluding hydrogens is 468 g/mol. The zero-order chi connectivity index (χ0) is 23.4. The molecule has 4 aromatic carbocycles. The monoisotopic (exact) mass is 483 g/mol. The molecule has 164 valence electrons. The van der Waals surface area contributed by atoms with E-state index in [-0.39, 0.29) is 40.7 Å². The molecule has 0 radical (unpaired) electrons. The van der Waals surface area contributed by atoms with Gasteiger partial charge in [-0.1, -0.05) is 59.6 Å². The van der Waals surface area contributed by atoms with Crippen molar-refractivity contribution in [2.75, 3.05) is 5.32 Å². The smallest absolute Gasteiger partial charge is 0.545 e. The summed E-state index contributed by atoms with van der Waals surface area (Å²) >= 11 is 11.9. The van der Waals surface area contributed by atoms with Gasteiger partial charge in [-0.3, -0.25) is 4.79 Å². The van der Waals surface area contributed by atoms with Gasteiger partial charge >= 0.3 is 18.9 Å². The van der Waals surface area contributed by atoms with Crippen LogP contribution in [0.5, 0.6) is 11.5 Å². The number of nitrogens with one attached hydrogen (secondary N) is 1. The number of anilines is 1. The van der Waals surface area contributed by atoms with E-state index in [2.05, 4.69) is 5.32 Å². The van der Waals surface area contributed by atoms with Crippen molar-refractivity contribution in [2.24, 2.45) is 0 Å². The molecule has 0 aliphatic rings. The maximum absolute atomic E-state index is 12.6. The Morgan fingerprint density at radius 1 is 0.735 bits per heavy atom. The minimum atomic E-state index is -1.42. The van der Waals surface area contributed by atoms with Gasteiger partial charge in [-0.25, -0.2) is 0 Å². The van der Waals surface area contributed by atoms with E-state index in [1.165, 1.54) is 30.3 Å². The minimum absolute atomic E-state index is 0. The number of hydrogen-bond donors (Lipinski definition) is 1. The van der Waals surface area contributed by atoms with Crippen LogP contribution in [0.4, 0.5) is 5.69 Å². The number of benzene rings is 4. The number of hydrogen-bond acceptors (Lipinski definition) is 4. The second-order valence-corrected chi connectivity index (χ2v) is 7.91. The maximum atomic E-state index is 12.6. The number of aromatic carboxylic acids is 1. The molecule has 0 bridgehead atoms. The van der Waals surface area contributed by atoms with Crippen molar-refractivity contribution in [2.45, 2.75) is 0 Å². The second-order valence-electron chi connectivity index (χ2n) is 7.07. The normalized spacial score (nSPS) is 10.2. The van der Waals surface area contributed by atoms with Crippen LogP contribution in [0.25, 0.3) is 11.1 Å². The second kappa shape index (κ2) is 11.3. The van der Waals surface area contributed by atoms with Crippen LogP contribution in [0.1, 0.15) is 20.7 Å². The first kappa shape index (κ1) is 25.4. The Balaban J connectivity index is 0.00000324. The van der Waals surface area contributed by atoms with Gasteiger partial charge in [0.05, 0.1) is 22.2 Å². The molecule has 0 saturated carbocycles. The Morgan fingerprint density at radius 3 is 2.03 bits per heavy atom. The van der Waals surface area contributed by atoms with Gasteiger partial charge in [0, 0.05) is 10.6 Å². The van der Waals surface area contributed by atoms with Crippen LogP contribution in [0.3, 0.4) is 0 Å².